The zero-order valence-electron chi connectivity index (χ0n) is 12.7. The van der Waals surface area contributed by atoms with Gasteiger partial charge in [0.2, 0.25) is 0 Å². The number of hydrogen-bond donors (Lipinski definition) is 0. The van der Waals surface area contributed by atoms with Crippen LogP contribution in [0.5, 0.6) is 0 Å². The maximum atomic E-state index is 8.93. The molecule has 0 bridgehead atoms. The van der Waals surface area contributed by atoms with Gasteiger partial charge in [0.25, 0.3) is 0 Å². The molecule has 2 aromatic rings. The molecule has 0 aromatic heterocycles. The predicted molar refractivity (Wildman–Crippen MR) is 82.2 cm³/mol. The number of allylic oxidation sites excluding steroid dienone is 4. The third-order valence-corrected chi connectivity index (χ3v) is 2.13. The zero-order valence-corrected chi connectivity index (χ0v) is 15.2. The van der Waals surface area contributed by atoms with E-state index in [1.807, 2.05) is 12.2 Å². The summed E-state index contributed by atoms with van der Waals surface area (Å²) in [6.45, 7) is 3.14. The van der Waals surface area contributed by atoms with E-state index in [4.69, 9.17) is 10.2 Å². The van der Waals surface area contributed by atoms with Gasteiger partial charge in [0.1, 0.15) is 0 Å². The molecule has 0 atom stereocenters. The molecule has 21 heavy (non-hydrogen) atoms. The minimum Gasteiger partial charge on any atom is -0.855 e. The van der Waals surface area contributed by atoms with Crippen LogP contribution in [-0.2, 0) is 26.2 Å². The van der Waals surface area contributed by atoms with Crippen LogP contribution in [0.4, 0.5) is 0 Å². The van der Waals surface area contributed by atoms with Crippen molar-refractivity contribution >= 4 is 10.8 Å². The molecule has 1 aliphatic rings. The first-order valence-corrected chi connectivity index (χ1v) is 6.78. The van der Waals surface area contributed by atoms with Crippen LogP contribution in [0.25, 0.3) is 10.8 Å². The van der Waals surface area contributed by atoms with Crippen molar-refractivity contribution in [2.24, 2.45) is 0 Å². The van der Waals surface area contributed by atoms with Gasteiger partial charge in [0.05, 0.1) is 0 Å². The monoisotopic (exact) mass is 360 g/mol. The Kier molecular flexibility index (Phi) is 18.3. The van der Waals surface area contributed by atoms with Gasteiger partial charge in [-0.2, -0.15) is 23.6 Å². The van der Waals surface area contributed by atoms with E-state index in [0.29, 0.717) is 0 Å². The van der Waals surface area contributed by atoms with E-state index in [-0.39, 0.29) is 39.4 Å². The summed E-state index contributed by atoms with van der Waals surface area (Å²) >= 11 is 0. The molecule has 0 aliphatic heterocycles. The van der Waals surface area contributed by atoms with Crippen LogP contribution in [0.1, 0.15) is 20.3 Å². The van der Waals surface area contributed by atoms with E-state index in [1.54, 1.807) is 13.8 Å². The van der Waals surface area contributed by atoms with Crippen molar-refractivity contribution in [3.05, 3.63) is 66.8 Å². The van der Waals surface area contributed by atoms with Gasteiger partial charge in [0.15, 0.2) is 0 Å². The van der Waals surface area contributed by atoms with Gasteiger partial charge < -0.3 is 10.2 Å². The van der Waals surface area contributed by atoms with E-state index < -0.39 is 0 Å². The second kappa shape index (κ2) is 17.2. The first kappa shape index (κ1) is 22.4. The molecule has 2 nitrogen and oxygen atoms in total. The normalized spacial score (nSPS) is 10.3. The molecule has 0 heterocycles. The van der Waals surface area contributed by atoms with Crippen molar-refractivity contribution in [1.82, 2.24) is 0 Å². The molecule has 0 amide bonds. The van der Waals surface area contributed by atoms with Gasteiger partial charge in [0, 0.05) is 0 Å². The second-order valence-corrected chi connectivity index (χ2v) is 3.74. The molecule has 0 fully saturated rings. The molecule has 0 saturated carbocycles. The standard InChI is InChI=1S/C9H7.C5H5.2C2H5O.Zr/c1-2-5-9-7-3-6-8(9)4-1;1-2-4-5-3-1;2*1-2-3;/h1-7H;1-3H,4H2;2*2H2,1H3;/q4*-1;+4. The fourth-order valence-corrected chi connectivity index (χ4v) is 1.41. The number of rotatable bonds is 0. The van der Waals surface area contributed by atoms with Gasteiger partial charge in [-0.15, -0.1) is 49.3 Å². The summed E-state index contributed by atoms with van der Waals surface area (Å²) in [6.07, 6.45) is 10.0. The molecule has 0 unspecified atom stereocenters. The Labute approximate surface area is 147 Å². The smallest absolute Gasteiger partial charge is 0.855 e. The number of benzene rings is 1. The number of fused-ring (bicyclic) bond motifs is 1. The topological polar surface area (TPSA) is 46.1 Å². The maximum absolute atomic E-state index is 8.93. The van der Waals surface area contributed by atoms with Crippen molar-refractivity contribution in [2.75, 3.05) is 13.2 Å². The van der Waals surface area contributed by atoms with E-state index >= 15 is 0 Å². The van der Waals surface area contributed by atoms with Gasteiger partial charge in [-0.3, -0.25) is 6.08 Å². The van der Waals surface area contributed by atoms with Gasteiger partial charge in [-0.1, -0.05) is 19.9 Å². The van der Waals surface area contributed by atoms with Crippen molar-refractivity contribution in [2.45, 2.75) is 20.3 Å². The Morgan fingerprint density at radius 3 is 2.14 bits per heavy atom. The van der Waals surface area contributed by atoms with Crippen LogP contribution < -0.4 is 10.2 Å². The summed E-state index contributed by atoms with van der Waals surface area (Å²) < 4.78 is 0. The fraction of sp³-hybridized carbons (Fsp3) is 0.278. The van der Waals surface area contributed by atoms with Crippen molar-refractivity contribution in [3.8, 4) is 0 Å². The predicted octanol–water partition coefficient (Wildman–Crippen LogP) is 2.60. The van der Waals surface area contributed by atoms with Gasteiger partial charge >= 0.3 is 26.2 Å². The Morgan fingerprint density at radius 2 is 1.71 bits per heavy atom. The largest absolute Gasteiger partial charge is 4.00 e. The van der Waals surface area contributed by atoms with Crippen LogP contribution in [0.3, 0.4) is 0 Å². The quantitative estimate of drug-likeness (QED) is 0.677. The molecule has 0 N–H and O–H groups in total. The third-order valence-electron chi connectivity index (χ3n) is 2.13. The Hall–Kier alpha value is -0.887. The molecule has 1 aliphatic carbocycles. The Balaban J connectivity index is 0. The molecule has 0 saturated heterocycles. The Morgan fingerprint density at radius 1 is 1.10 bits per heavy atom. The second-order valence-electron chi connectivity index (χ2n) is 3.74. The summed E-state index contributed by atoms with van der Waals surface area (Å²) in [6, 6.07) is 14.7. The average Bonchev–Trinajstić information content (AvgIpc) is 3.15. The minimum absolute atomic E-state index is 0. The average molecular weight is 362 g/mol. The summed E-state index contributed by atoms with van der Waals surface area (Å²) in [5.41, 5.74) is 0. The van der Waals surface area contributed by atoms with Crippen LogP contribution in [-0.4, -0.2) is 13.2 Å². The molecule has 0 radical (unpaired) electrons. The summed E-state index contributed by atoms with van der Waals surface area (Å²) in [5.74, 6) is 0. The fourth-order valence-electron chi connectivity index (χ4n) is 1.41. The van der Waals surface area contributed by atoms with Crippen molar-refractivity contribution in [3.63, 3.8) is 0 Å². The van der Waals surface area contributed by atoms with Crippen LogP contribution >= 0.6 is 0 Å². The van der Waals surface area contributed by atoms with Crippen molar-refractivity contribution < 1.29 is 36.4 Å². The van der Waals surface area contributed by atoms with Crippen molar-refractivity contribution in [1.29, 1.82) is 0 Å². The van der Waals surface area contributed by atoms with E-state index in [9.17, 15) is 0 Å². The van der Waals surface area contributed by atoms with E-state index in [2.05, 4.69) is 54.6 Å². The molecular formula is C18H22O2Zr. The first-order valence-electron chi connectivity index (χ1n) is 6.78. The van der Waals surface area contributed by atoms with Crippen LogP contribution in [0, 0.1) is 6.08 Å². The van der Waals surface area contributed by atoms with Crippen LogP contribution in [0.15, 0.2) is 60.7 Å². The maximum Gasteiger partial charge on any atom is 4.00 e. The van der Waals surface area contributed by atoms with Crippen LogP contribution in [0.2, 0.25) is 0 Å². The molecule has 0 spiro atoms. The molecule has 3 rings (SSSR count). The van der Waals surface area contributed by atoms with Gasteiger partial charge in [-0.05, 0) is 0 Å². The summed E-state index contributed by atoms with van der Waals surface area (Å²) in [7, 11) is 0. The zero-order chi connectivity index (χ0) is 15.1. The summed E-state index contributed by atoms with van der Waals surface area (Å²) in [5, 5.41) is 20.5. The van der Waals surface area contributed by atoms with E-state index in [0.717, 1.165) is 6.42 Å². The third kappa shape index (κ3) is 12.6. The number of hydrogen-bond acceptors (Lipinski definition) is 2. The molecule has 3 heteroatoms. The van der Waals surface area contributed by atoms with Gasteiger partial charge in [-0.25, -0.2) is 12.2 Å². The first-order chi connectivity index (χ1) is 9.79. The minimum atomic E-state index is 0. The van der Waals surface area contributed by atoms with E-state index in [1.165, 1.54) is 10.8 Å². The Bertz CT molecular complexity index is 444. The molecule has 2 aromatic carbocycles. The molecular weight excluding hydrogens is 339 g/mol. The SMILES string of the molecule is CC[O-].CC[O-].[C-]1=CC=CC1.[Zr+4].c1ccc2[cH-]ccc2c1. The molecule has 110 valence electrons. The summed E-state index contributed by atoms with van der Waals surface area (Å²) in [4.78, 5) is 0.